The predicted octanol–water partition coefficient (Wildman–Crippen LogP) is 7.46. The molecule has 0 aliphatic rings. The highest BCUT2D eigenvalue weighted by Crippen LogP contribution is 2.29. The lowest BCUT2D eigenvalue weighted by molar-refractivity contribution is -0.139. The summed E-state index contributed by atoms with van der Waals surface area (Å²) >= 11 is 0. The maximum atomic E-state index is 13.0. The summed E-state index contributed by atoms with van der Waals surface area (Å²) in [6.07, 6.45) is 5.22. The van der Waals surface area contributed by atoms with Gasteiger partial charge in [-0.2, -0.15) is 0 Å². The molecule has 0 spiro atoms. The molecule has 0 aliphatic heterocycles. The molecule has 3 rings (SSSR count). The van der Waals surface area contributed by atoms with Gasteiger partial charge in [0.2, 0.25) is 0 Å². The van der Waals surface area contributed by atoms with E-state index in [0.717, 1.165) is 55.0 Å². The number of fused-ring (bicyclic) bond motifs is 1. The summed E-state index contributed by atoms with van der Waals surface area (Å²) in [6.45, 7) is 17.8. The van der Waals surface area contributed by atoms with E-state index in [1.54, 1.807) is 45.0 Å². The zero-order chi connectivity index (χ0) is 32.8. The number of carbonyl (C=O) groups excluding carboxylic acids is 3. The molecule has 0 bridgehead atoms. The minimum absolute atomic E-state index is 0.309. The van der Waals surface area contributed by atoms with Crippen LogP contribution in [0.2, 0.25) is 0 Å². The Hall–Kier alpha value is -4.72. The van der Waals surface area contributed by atoms with E-state index in [2.05, 4.69) is 37.5 Å². The van der Waals surface area contributed by atoms with Crippen molar-refractivity contribution in [1.82, 2.24) is 0 Å². The van der Waals surface area contributed by atoms with Gasteiger partial charge in [-0.25, -0.2) is 19.2 Å². The van der Waals surface area contributed by atoms with Crippen molar-refractivity contribution in [3.8, 4) is 16.9 Å². The van der Waals surface area contributed by atoms with E-state index in [9.17, 15) is 19.2 Å². The number of carbonyl (C=O) groups is 3. The molecular weight excluding hydrogens is 560 g/mol. The fourth-order valence-electron chi connectivity index (χ4n) is 4.12. The second-order valence-corrected chi connectivity index (χ2v) is 10.5. The molecule has 1 heterocycles. The number of hydrogen-bond acceptors (Lipinski definition) is 8. The summed E-state index contributed by atoms with van der Waals surface area (Å²) in [6, 6.07) is 12.7. The van der Waals surface area contributed by atoms with Crippen molar-refractivity contribution in [3.63, 3.8) is 0 Å². The quantitative estimate of drug-likeness (QED) is 0.0652. The number of unbranched alkanes of at least 4 members (excludes halogenated alkanes) is 2. The van der Waals surface area contributed by atoms with Crippen LogP contribution in [-0.2, 0) is 36.7 Å². The highest BCUT2D eigenvalue weighted by Gasteiger charge is 2.15. The Kier molecular flexibility index (Phi) is 14.0. The first-order valence-electron chi connectivity index (χ1n) is 14.5. The number of methoxy groups -OCH3 is 1. The molecule has 0 aliphatic carbocycles. The van der Waals surface area contributed by atoms with Gasteiger partial charge in [-0.05, 0) is 87.8 Å². The van der Waals surface area contributed by atoms with Crippen LogP contribution in [0.15, 0.2) is 88.1 Å². The largest absolute Gasteiger partial charge is 0.466 e. The first-order chi connectivity index (χ1) is 20.9. The zero-order valence-corrected chi connectivity index (χ0v) is 26.4. The van der Waals surface area contributed by atoms with Crippen molar-refractivity contribution in [2.75, 3.05) is 13.7 Å². The average Bonchev–Trinajstić information content (AvgIpc) is 2.99. The normalized spacial score (nSPS) is 10.3. The van der Waals surface area contributed by atoms with E-state index in [0.29, 0.717) is 45.8 Å². The van der Waals surface area contributed by atoms with Gasteiger partial charge in [0.05, 0.1) is 19.3 Å². The average molecular weight is 603 g/mol. The monoisotopic (exact) mass is 602 g/mol. The van der Waals surface area contributed by atoms with Crippen molar-refractivity contribution >= 4 is 28.9 Å². The summed E-state index contributed by atoms with van der Waals surface area (Å²) < 4.78 is 20.6. The first kappa shape index (κ1) is 35.5. The third-order valence-electron chi connectivity index (χ3n) is 6.56. The van der Waals surface area contributed by atoms with Gasteiger partial charge in [0, 0.05) is 22.1 Å². The molecule has 1 aromatic heterocycles. The molecule has 44 heavy (non-hydrogen) atoms. The SMILES string of the molecule is C=C(C)C(=O)OC.C=C(C)C(=O)OCCCCc1ccc2cc(-c3ccc(OC(=O)C(=C)C)cc3)c(=O)oc2c1CCCC. The molecule has 0 atom stereocenters. The lowest BCUT2D eigenvalue weighted by Gasteiger charge is -2.13. The molecule has 8 heteroatoms. The van der Waals surface area contributed by atoms with Crippen LogP contribution < -0.4 is 10.4 Å². The summed E-state index contributed by atoms with van der Waals surface area (Å²) in [5, 5.41) is 0.859. The van der Waals surface area contributed by atoms with Crippen LogP contribution >= 0.6 is 0 Å². The van der Waals surface area contributed by atoms with E-state index in [1.165, 1.54) is 7.11 Å². The van der Waals surface area contributed by atoms with Gasteiger partial charge in [-0.3, -0.25) is 0 Å². The predicted molar refractivity (Wildman–Crippen MR) is 173 cm³/mol. The third-order valence-corrected chi connectivity index (χ3v) is 6.56. The highest BCUT2D eigenvalue weighted by atomic mass is 16.5. The lowest BCUT2D eigenvalue weighted by atomic mass is 9.94. The topological polar surface area (TPSA) is 109 Å². The van der Waals surface area contributed by atoms with Crippen LogP contribution in [0.3, 0.4) is 0 Å². The molecule has 0 unspecified atom stereocenters. The van der Waals surface area contributed by atoms with Crippen molar-refractivity contribution in [3.05, 3.63) is 100 Å². The van der Waals surface area contributed by atoms with Crippen LogP contribution in [0.25, 0.3) is 22.1 Å². The minimum atomic E-state index is -0.499. The smallest absolute Gasteiger partial charge is 0.344 e. The van der Waals surface area contributed by atoms with Crippen LogP contribution in [0.4, 0.5) is 0 Å². The van der Waals surface area contributed by atoms with E-state index in [4.69, 9.17) is 13.9 Å². The van der Waals surface area contributed by atoms with Gasteiger partial charge in [-0.1, -0.05) is 57.3 Å². The van der Waals surface area contributed by atoms with Gasteiger partial charge in [0.15, 0.2) is 0 Å². The molecule has 2 aromatic carbocycles. The summed E-state index contributed by atoms with van der Waals surface area (Å²) in [5.41, 5.74) is 4.67. The maximum Gasteiger partial charge on any atom is 0.344 e. The molecule has 3 aromatic rings. The van der Waals surface area contributed by atoms with Gasteiger partial charge in [-0.15, -0.1) is 0 Å². The zero-order valence-electron chi connectivity index (χ0n) is 26.4. The van der Waals surface area contributed by atoms with Crippen molar-refractivity contribution in [1.29, 1.82) is 0 Å². The molecule has 0 saturated carbocycles. The minimum Gasteiger partial charge on any atom is -0.466 e. The van der Waals surface area contributed by atoms with Gasteiger partial charge in [0.1, 0.15) is 11.3 Å². The molecule has 0 fully saturated rings. The number of ether oxygens (including phenoxy) is 3. The number of hydrogen-bond donors (Lipinski definition) is 0. The fourth-order valence-corrected chi connectivity index (χ4v) is 4.12. The van der Waals surface area contributed by atoms with Crippen molar-refractivity contribution in [2.24, 2.45) is 0 Å². The molecule has 0 radical (unpaired) electrons. The molecule has 0 amide bonds. The van der Waals surface area contributed by atoms with Crippen molar-refractivity contribution < 1.29 is 33.0 Å². The van der Waals surface area contributed by atoms with Crippen LogP contribution in [0, 0.1) is 0 Å². The molecular formula is C36H42O8. The number of rotatable bonds is 13. The maximum absolute atomic E-state index is 13.0. The summed E-state index contributed by atoms with van der Waals surface area (Å²) in [4.78, 5) is 46.5. The second-order valence-electron chi connectivity index (χ2n) is 10.5. The van der Waals surface area contributed by atoms with Gasteiger partial charge >= 0.3 is 23.5 Å². The Bertz CT molecular complexity index is 1570. The van der Waals surface area contributed by atoms with Crippen LogP contribution in [0.1, 0.15) is 64.5 Å². The Morgan fingerprint density at radius 2 is 1.43 bits per heavy atom. The first-order valence-corrected chi connectivity index (χ1v) is 14.5. The summed E-state index contributed by atoms with van der Waals surface area (Å²) in [5.74, 6) is -0.835. The van der Waals surface area contributed by atoms with Gasteiger partial charge in [0.25, 0.3) is 0 Å². The Balaban J connectivity index is 0.000000860. The Morgan fingerprint density at radius 3 is 1.98 bits per heavy atom. The number of aryl methyl sites for hydroxylation is 2. The fraction of sp³-hybridized carbons (Fsp3) is 0.333. The van der Waals surface area contributed by atoms with Crippen LogP contribution in [-0.4, -0.2) is 31.6 Å². The molecule has 0 saturated heterocycles. The molecule has 0 N–H and O–H groups in total. The highest BCUT2D eigenvalue weighted by molar-refractivity contribution is 5.89. The van der Waals surface area contributed by atoms with E-state index >= 15 is 0 Å². The standard InChI is InChI=1S/C31H34O6.C5H8O2/c1-6-7-11-26-22(10-8-9-18-35-29(32)20(2)3)12-13-24-19-27(31(34)37-28(24)26)23-14-16-25(17-15-23)36-30(33)21(4)5;1-4(2)5(6)7-3/h12-17,19H,2,4,6-11,18H2,1,3,5H3;1H2,2-3H3. The second kappa shape index (κ2) is 17.4. The Labute approximate surface area is 259 Å². The molecule has 234 valence electrons. The number of esters is 3. The third kappa shape index (κ3) is 10.5. The number of benzene rings is 2. The van der Waals surface area contributed by atoms with E-state index in [1.807, 2.05) is 12.1 Å². The van der Waals surface area contributed by atoms with E-state index in [-0.39, 0.29) is 11.9 Å². The Morgan fingerprint density at radius 1 is 0.795 bits per heavy atom. The van der Waals surface area contributed by atoms with Crippen molar-refractivity contribution in [2.45, 2.75) is 66.2 Å². The summed E-state index contributed by atoms with van der Waals surface area (Å²) in [7, 11) is 1.33. The van der Waals surface area contributed by atoms with Crippen LogP contribution in [0.5, 0.6) is 5.75 Å². The van der Waals surface area contributed by atoms with Gasteiger partial charge < -0.3 is 18.6 Å². The lowest BCUT2D eigenvalue weighted by Crippen LogP contribution is -2.08. The molecule has 8 nitrogen and oxygen atoms in total. The van der Waals surface area contributed by atoms with E-state index < -0.39 is 11.6 Å².